The van der Waals surface area contributed by atoms with E-state index in [4.69, 9.17) is 39.1 Å². The third kappa shape index (κ3) is 6.76. The van der Waals surface area contributed by atoms with E-state index in [-0.39, 0.29) is 49.5 Å². The van der Waals surface area contributed by atoms with Gasteiger partial charge in [-0.15, -0.1) is 0 Å². The average molecular weight is 595 g/mol. The highest BCUT2D eigenvalue weighted by Gasteiger charge is 2.23. The molecule has 0 saturated carbocycles. The summed E-state index contributed by atoms with van der Waals surface area (Å²) in [6.07, 6.45) is 6.99. The lowest BCUT2D eigenvalue weighted by Crippen LogP contribution is -2.11. The number of aromatic nitrogens is 2. The molecule has 39 heavy (non-hydrogen) atoms. The van der Waals surface area contributed by atoms with Crippen LogP contribution in [-0.2, 0) is 15.7 Å². The number of rotatable bonds is 10. The molecule has 0 bridgehead atoms. The first kappa shape index (κ1) is 30.1. The number of nitrogens with two attached hydrogens (primary N) is 1. The molecule has 1 unspecified atom stereocenters. The standard InChI is InChI=1S/C27H27Cl2F2N5O2S/c1-5-14(2)12-16(28)13-21(15(3)38-4)39(37)36-20-9-8-19(30)22(23(20)29)17-6-7-18(25(32)24(17)31)26(33)27-34-10-11-35-27/h6-13,33,36H,5,32H2,1-4H3,(H,34,35)/b14-12+,16-13+,21-15-,33-26?. The van der Waals surface area contributed by atoms with Gasteiger partial charge < -0.3 is 15.5 Å². The number of hydrogen-bond acceptors (Lipinski definition) is 5. The zero-order valence-electron chi connectivity index (χ0n) is 21.6. The summed E-state index contributed by atoms with van der Waals surface area (Å²) in [6.45, 7) is 5.51. The van der Waals surface area contributed by atoms with Crippen molar-refractivity contribution in [2.24, 2.45) is 0 Å². The number of H-pyrrole nitrogens is 1. The molecule has 3 aromatic rings. The van der Waals surface area contributed by atoms with Crippen molar-refractivity contribution in [3.05, 3.63) is 98.1 Å². The largest absolute Gasteiger partial charge is 0.500 e. The Balaban J connectivity index is 2.02. The molecular weight excluding hydrogens is 567 g/mol. The van der Waals surface area contributed by atoms with Crippen molar-refractivity contribution in [1.82, 2.24) is 9.97 Å². The highest BCUT2D eigenvalue weighted by atomic mass is 35.5. The number of imidazole rings is 1. The molecule has 0 spiro atoms. The van der Waals surface area contributed by atoms with E-state index in [9.17, 15) is 4.21 Å². The molecule has 0 aliphatic carbocycles. The van der Waals surface area contributed by atoms with Gasteiger partial charge >= 0.3 is 0 Å². The van der Waals surface area contributed by atoms with Gasteiger partial charge in [0, 0.05) is 34.1 Å². The summed E-state index contributed by atoms with van der Waals surface area (Å²) in [6, 6.07) is 5.01. The van der Waals surface area contributed by atoms with Crippen molar-refractivity contribution >= 4 is 51.3 Å². The molecule has 0 aliphatic heterocycles. The Kier molecular flexibility index (Phi) is 10.1. The molecule has 0 saturated heterocycles. The first-order chi connectivity index (χ1) is 18.5. The van der Waals surface area contributed by atoms with Crippen LogP contribution in [0, 0.1) is 17.0 Å². The van der Waals surface area contributed by atoms with Crippen molar-refractivity contribution in [2.75, 3.05) is 17.6 Å². The number of nitrogens with zero attached hydrogens (tertiary/aromatic N) is 1. The summed E-state index contributed by atoms with van der Waals surface area (Å²) < 4.78 is 51.8. The Hall–Kier alpha value is -3.47. The Labute approximate surface area is 237 Å². The van der Waals surface area contributed by atoms with Gasteiger partial charge in [-0.2, -0.15) is 0 Å². The van der Waals surface area contributed by atoms with E-state index in [2.05, 4.69) is 14.7 Å². The number of anilines is 2. The van der Waals surface area contributed by atoms with Gasteiger partial charge in [-0.05, 0) is 50.6 Å². The average Bonchev–Trinajstić information content (AvgIpc) is 3.45. The van der Waals surface area contributed by atoms with Crippen LogP contribution in [0.1, 0.15) is 38.6 Å². The number of halogens is 4. The quantitative estimate of drug-likeness (QED) is 0.0845. The van der Waals surface area contributed by atoms with Crippen LogP contribution in [0.3, 0.4) is 0 Å². The van der Waals surface area contributed by atoms with Crippen LogP contribution in [-0.4, -0.2) is 27.0 Å². The van der Waals surface area contributed by atoms with Gasteiger partial charge in [-0.3, -0.25) is 10.1 Å². The second kappa shape index (κ2) is 13.1. The Morgan fingerprint density at radius 3 is 2.59 bits per heavy atom. The number of nitrogen functional groups attached to an aromatic ring is 1. The second-order valence-corrected chi connectivity index (χ2v) is 10.3. The molecule has 0 aliphatic rings. The maximum absolute atomic E-state index is 15.5. The summed E-state index contributed by atoms with van der Waals surface area (Å²) in [7, 11) is -0.520. The first-order valence-electron chi connectivity index (χ1n) is 11.6. The lowest BCUT2D eigenvalue weighted by Gasteiger charge is -2.16. The molecule has 3 rings (SSSR count). The van der Waals surface area contributed by atoms with Gasteiger partial charge in [0.05, 0.1) is 28.4 Å². The van der Waals surface area contributed by atoms with Crippen LogP contribution in [0.4, 0.5) is 20.2 Å². The number of nitrogens with one attached hydrogen (secondary N) is 3. The van der Waals surface area contributed by atoms with Crippen molar-refractivity contribution in [1.29, 1.82) is 5.41 Å². The Morgan fingerprint density at radius 2 is 1.97 bits per heavy atom. The molecule has 5 N–H and O–H groups in total. The first-order valence-corrected chi connectivity index (χ1v) is 13.5. The molecule has 206 valence electrons. The second-order valence-electron chi connectivity index (χ2n) is 8.35. The summed E-state index contributed by atoms with van der Waals surface area (Å²) in [5.41, 5.74) is 6.13. The minimum absolute atomic E-state index is 0.0685. The van der Waals surface area contributed by atoms with E-state index in [1.807, 2.05) is 13.8 Å². The topological polar surface area (TPSA) is 117 Å². The van der Waals surface area contributed by atoms with E-state index in [0.717, 1.165) is 18.1 Å². The van der Waals surface area contributed by atoms with Crippen molar-refractivity contribution in [2.45, 2.75) is 27.2 Å². The molecular formula is C27H27Cl2F2N5O2S. The van der Waals surface area contributed by atoms with Crippen LogP contribution < -0.4 is 10.5 Å². The van der Waals surface area contributed by atoms with E-state index in [1.165, 1.54) is 43.8 Å². The third-order valence-electron chi connectivity index (χ3n) is 5.81. The van der Waals surface area contributed by atoms with E-state index in [0.29, 0.717) is 10.8 Å². The monoisotopic (exact) mass is 593 g/mol. The van der Waals surface area contributed by atoms with Crippen LogP contribution in [0.5, 0.6) is 0 Å². The number of hydrogen-bond donors (Lipinski definition) is 4. The molecule has 0 fully saturated rings. The minimum Gasteiger partial charge on any atom is -0.500 e. The van der Waals surface area contributed by atoms with Crippen LogP contribution >= 0.6 is 23.2 Å². The predicted octanol–water partition coefficient (Wildman–Crippen LogP) is 7.44. The summed E-state index contributed by atoms with van der Waals surface area (Å²) >= 11 is 12.8. The van der Waals surface area contributed by atoms with Gasteiger partial charge in [-0.25, -0.2) is 18.0 Å². The van der Waals surface area contributed by atoms with E-state index in [1.54, 1.807) is 13.0 Å². The van der Waals surface area contributed by atoms with Crippen LogP contribution in [0.15, 0.2) is 70.1 Å². The maximum atomic E-state index is 15.5. The number of methoxy groups -OCH3 is 1. The fourth-order valence-corrected chi connectivity index (χ4v) is 5.23. The zero-order valence-corrected chi connectivity index (χ0v) is 23.9. The fraction of sp³-hybridized carbons (Fsp3) is 0.185. The SMILES string of the molecule is CC/C(C)=C/C(Cl)=C\C(=C(/C)OC)S(=O)Nc1ccc(F)c(-c2ccc(C(=N)c3ncc[nH]3)c(N)c2F)c1Cl. The van der Waals surface area contributed by atoms with E-state index < -0.39 is 22.6 Å². The third-order valence-corrected chi connectivity index (χ3v) is 7.63. The number of ether oxygens (including phenoxy) is 1. The van der Waals surface area contributed by atoms with Crippen molar-refractivity contribution < 1.29 is 17.7 Å². The highest BCUT2D eigenvalue weighted by Crippen LogP contribution is 2.40. The van der Waals surface area contributed by atoms with Gasteiger partial charge in [0.2, 0.25) is 0 Å². The predicted molar refractivity (Wildman–Crippen MR) is 155 cm³/mol. The summed E-state index contributed by atoms with van der Waals surface area (Å²) in [4.78, 5) is 6.96. The number of allylic oxidation sites excluding steroid dienone is 5. The lowest BCUT2D eigenvalue weighted by atomic mass is 9.98. The normalized spacial score (nSPS) is 13.6. The molecule has 1 atom stereocenters. The molecule has 0 amide bonds. The fourth-order valence-electron chi connectivity index (χ4n) is 3.46. The smallest absolute Gasteiger partial charge is 0.155 e. The molecule has 0 radical (unpaired) electrons. The van der Waals surface area contributed by atoms with Gasteiger partial charge in [-0.1, -0.05) is 41.8 Å². The zero-order chi connectivity index (χ0) is 28.9. The lowest BCUT2D eigenvalue weighted by molar-refractivity contribution is 0.292. The molecule has 12 heteroatoms. The minimum atomic E-state index is -1.94. The van der Waals surface area contributed by atoms with Crippen molar-refractivity contribution in [3.63, 3.8) is 0 Å². The van der Waals surface area contributed by atoms with Gasteiger partial charge in [0.15, 0.2) is 22.6 Å². The van der Waals surface area contributed by atoms with Gasteiger partial charge in [0.1, 0.15) is 17.3 Å². The van der Waals surface area contributed by atoms with Crippen LogP contribution in [0.25, 0.3) is 11.1 Å². The molecule has 7 nitrogen and oxygen atoms in total. The summed E-state index contributed by atoms with van der Waals surface area (Å²) in [5, 5.41) is 8.38. The summed E-state index contributed by atoms with van der Waals surface area (Å²) in [5.74, 6) is -1.27. The highest BCUT2D eigenvalue weighted by molar-refractivity contribution is 7.90. The van der Waals surface area contributed by atoms with Crippen molar-refractivity contribution in [3.8, 4) is 11.1 Å². The number of aromatic amines is 1. The molecule has 2 aromatic carbocycles. The molecule has 1 heterocycles. The number of benzene rings is 2. The van der Waals surface area contributed by atoms with E-state index >= 15 is 8.78 Å². The Bertz CT molecular complexity index is 1520. The van der Waals surface area contributed by atoms with Crippen LogP contribution in [0.2, 0.25) is 5.02 Å². The molecule has 1 aromatic heterocycles. The van der Waals surface area contributed by atoms with Gasteiger partial charge in [0.25, 0.3) is 0 Å². The maximum Gasteiger partial charge on any atom is 0.155 e. The Morgan fingerprint density at radius 1 is 1.26 bits per heavy atom.